The second kappa shape index (κ2) is 44.3. The summed E-state index contributed by atoms with van der Waals surface area (Å²) in [5.41, 5.74) is 0. The van der Waals surface area contributed by atoms with Crippen molar-refractivity contribution in [3.63, 3.8) is 0 Å². The third kappa shape index (κ3) is 34.4. The molecule has 0 aromatic carbocycles. The van der Waals surface area contributed by atoms with Gasteiger partial charge in [0.2, 0.25) is 5.91 Å². The molecule has 0 saturated carbocycles. The predicted octanol–water partition coefficient (Wildman–Crippen LogP) is 12.4. The van der Waals surface area contributed by atoms with Gasteiger partial charge in [-0.2, -0.15) is 0 Å². The Morgan fingerprint density at radius 2 is 0.937 bits per heavy atom. The van der Waals surface area contributed by atoms with Gasteiger partial charge in [0.15, 0.2) is 6.29 Å². The SMILES string of the molecule is CCCCCCC/C=C\C/C=C\C/C=C\CCCCCCCCCCCCCCC(=O)NC(COC1OC(CO)C(O)C(O)C1O)C(O)CCCCCCCCCCCCCCC. The average molecular weight is 892 g/mol. The molecular formula is C54H101NO8. The van der Waals surface area contributed by atoms with Crippen molar-refractivity contribution in [1.82, 2.24) is 5.32 Å². The predicted molar refractivity (Wildman–Crippen MR) is 263 cm³/mol. The number of hydrogen-bond donors (Lipinski definition) is 6. The molecule has 1 saturated heterocycles. The minimum atomic E-state index is -1.55. The minimum Gasteiger partial charge on any atom is -0.394 e. The first-order chi connectivity index (χ1) is 30.8. The quantitative estimate of drug-likeness (QED) is 0.0261. The van der Waals surface area contributed by atoms with Crippen molar-refractivity contribution in [2.24, 2.45) is 0 Å². The summed E-state index contributed by atoms with van der Waals surface area (Å²) in [4.78, 5) is 13.0. The molecule has 9 heteroatoms. The Labute approximate surface area is 387 Å². The molecule has 9 nitrogen and oxygen atoms in total. The molecular weight excluding hydrogens is 791 g/mol. The maximum Gasteiger partial charge on any atom is 0.220 e. The highest BCUT2D eigenvalue weighted by Crippen LogP contribution is 2.23. The molecule has 0 aliphatic carbocycles. The number of carbonyl (C=O) groups excluding carboxylic acids is 1. The summed E-state index contributed by atoms with van der Waals surface area (Å²) in [6, 6.07) is -0.719. The van der Waals surface area contributed by atoms with Gasteiger partial charge in [-0.05, 0) is 51.4 Å². The fourth-order valence-corrected chi connectivity index (χ4v) is 8.46. The molecule has 7 atom stereocenters. The number of nitrogens with one attached hydrogen (secondary N) is 1. The number of rotatable bonds is 45. The van der Waals surface area contributed by atoms with Crippen LogP contribution < -0.4 is 5.32 Å². The van der Waals surface area contributed by atoms with Crippen molar-refractivity contribution in [2.75, 3.05) is 13.2 Å². The highest BCUT2D eigenvalue weighted by Gasteiger charge is 2.44. The standard InChI is InChI=1S/C54H101NO8/c1-3-5-7-9-11-13-15-17-18-19-20-21-22-23-24-25-26-27-28-29-30-32-34-36-38-40-42-44-50(58)55-47(46-62-54-53(61)52(60)51(59)49(45-56)63-54)48(57)43-41-39-37-35-33-31-16-14-12-10-8-6-4-2/h15,17,19-20,22-23,47-49,51-54,56-57,59-61H,3-14,16,18,21,24-46H2,1-2H3,(H,55,58)/b17-15-,20-19-,23-22-. The van der Waals surface area contributed by atoms with Gasteiger partial charge in [0, 0.05) is 6.42 Å². The molecule has 1 amide bonds. The second-order valence-electron chi connectivity index (χ2n) is 18.7. The Morgan fingerprint density at radius 1 is 0.540 bits per heavy atom. The third-order valence-corrected chi connectivity index (χ3v) is 12.7. The van der Waals surface area contributed by atoms with Crippen LogP contribution in [0, 0.1) is 0 Å². The van der Waals surface area contributed by atoms with E-state index < -0.39 is 49.5 Å². The lowest BCUT2D eigenvalue weighted by Crippen LogP contribution is -2.60. The lowest BCUT2D eigenvalue weighted by Gasteiger charge is -2.40. The molecule has 1 fully saturated rings. The largest absolute Gasteiger partial charge is 0.394 e. The summed E-state index contributed by atoms with van der Waals surface area (Å²) in [6.45, 7) is 3.83. The van der Waals surface area contributed by atoms with Crippen molar-refractivity contribution in [3.05, 3.63) is 36.5 Å². The van der Waals surface area contributed by atoms with Crippen molar-refractivity contribution >= 4 is 5.91 Å². The van der Waals surface area contributed by atoms with Crippen LogP contribution in [0.3, 0.4) is 0 Å². The highest BCUT2D eigenvalue weighted by molar-refractivity contribution is 5.76. The Kier molecular flexibility index (Phi) is 41.7. The van der Waals surface area contributed by atoms with Gasteiger partial charge < -0.3 is 40.3 Å². The van der Waals surface area contributed by atoms with Crippen LogP contribution in [0.15, 0.2) is 36.5 Å². The smallest absolute Gasteiger partial charge is 0.220 e. The number of aliphatic hydroxyl groups excluding tert-OH is 5. The number of aliphatic hydroxyl groups is 5. The summed E-state index contributed by atoms with van der Waals surface area (Å²) in [7, 11) is 0. The number of unbranched alkanes of at least 4 members (excludes halogenated alkanes) is 29. The van der Waals surface area contributed by atoms with E-state index in [-0.39, 0.29) is 12.5 Å². The van der Waals surface area contributed by atoms with Crippen LogP contribution in [0.2, 0.25) is 0 Å². The van der Waals surface area contributed by atoms with E-state index in [0.29, 0.717) is 12.8 Å². The number of amides is 1. The first kappa shape index (κ1) is 59.4. The molecule has 1 aliphatic rings. The van der Waals surface area contributed by atoms with E-state index in [2.05, 4.69) is 55.6 Å². The Balaban J connectivity index is 2.19. The zero-order valence-electron chi connectivity index (χ0n) is 40.8. The molecule has 7 unspecified atom stereocenters. The van der Waals surface area contributed by atoms with Gasteiger partial charge in [0.05, 0.1) is 25.4 Å². The Hall–Kier alpha value is -1.59. The van der Waals surface area contributed by atoms with Gasteiger partial charge in [-0.25, -0.2) is 0 Å². The van der Waals surface area contributed by atoms with Crippen LogP contribution >= 0.6 is 0 Å². The maximum absolute atomic E-state index is 13.0. The molecule has 63 heavy (non-hydrogen) atoms. The monoisotopic (exact) mass is 892 g/mol. The van der Waals surface area contributed by atoms with Gasteiger partial charge in [-0.1, -0.05) is 224 Å². The van der Waals surface area contributed by atoms with E-state index >= 15 is 0 Å². The van der Waals surface area contributed by atoms with Crippen LogP contribution in [0.4, 0.5) is 0 Å². The molecule has 1 rings (SSSR count). The first-order valence-corrected chi connectivity index (χ1v) is 26.7. The van der Waals surface area contributed by atoms with Gasteiger partial charge in [0.1, 0.15) is 24.4 Å². The van der Waals surface area contributed by atoms with Crippen molar-refractivity contribution in [2.45, 2.75) is 288 Å². The summed E-state index contributed by atoms with van der Waals surface area (Å²) in [5, 5.41) is 54.5. The van der Waals surface area contributed by atoms with Crippen LogP contribution in [-0.2, 0) is 14.3 Å². The Morgan fingerprint density at radius 3 is 1.38 bits per heavy atom. The molecule has 0 aromatic heterocycles. The van der Waals surface area contributed by atoms with E-state index in [1.54, 1.807) is 0 Å². The fraction of sp³-hybridized carbons (Fsp3) is 0.870. The van der Waals surface area contributed by atoms with E-state index in [1.165, 1.54) is 167 Å². The Bertz CT molecular complexity index is 1080. The average Bonchev–Trinajstić information content (AvgIpc) is 3.28. The molecule has 6 N–H and O–H groups in total. The van der Waals surface area contributed by atoms with E-state index in [9.17, 15) is 30.3 Å². The second-order valence-corrected chi connectivity index (χ2v) is 18.7. The topological polar surface area (TPSA) is 149 Å². The van der Waals surface area contributed by atoms with Gasteiger partial charge in [-0.3, -0.25) is 4.79 Å². The van der Waals surface area contributed by atoms with Gasteiger partial charge in [0.25, 0.3) is 0 Å². The van der Waals surface area contributed by atoms with E-state index in [1.807, 2.05) is 0 Å². The van der Waals surface area contributed by atoms with Crippen LogP contribution in [0.25, 0.3) is 0 Å². The zero-order valence-corrected chi connectivity index (χ0v) is 40.8. The van der Waals surface area contributed by atoms with Gasteiger partial charge >= 0.3 is 0 Å². The van der Waals surface area contributed by atoms with Crippen molar-refractivity contribution < 1.29 is 39.8 Å². The van der Waals surface area contributed by atoms with Crippen LogP contribution in [0.1, 0.15) is 245 Å². The zero-order chi connectivity index (χ0) is 45.9. The van der Waals surface area contributed by atoms with E-state index in [0.717, 1.165) is 51.4 Å². The van der Waals surface area contributed by atoms with E-state index in [4.69, 9.17) is 9.47 Å². The maximum atomic E-state index is 13.0. The highest BCUT2D eigenvalue weighted by atomic mass is 16.7. The molecule has 1 heterocycles. The fourth-order valence-electron chi connectivity index (χ4n) is 8.46. The van der Waals surface area contributed by atoms with Crippen molar-refractivity contribution in [3.8, 4) is 0 Å². The van der Waals surface area contributed by atoms with Crippen LogP contribution in [-0.4, -0.2) is 87.5 Å². The first-order valence-electron chi connectivity index (χ1n) is 26.7. The van der Waals surface area contributed by atoms with Crippen LogP contribution in [0.5, 0.6) is 0 Å². The van der Waals surface area contributed by atoms with Crippen molar-refractivity contribution in [1.29, 1.82) is 0 Å². The number of ether oxygens (including phenoxy) is 2. The van der Waals surface area contributed by atoms with Gasteiger partial charge in [-0.15, -0.1) is 0 Å². The lowest BCUT2D eigenvalue weighted by atomic mass is 9.99. The molecule has 1 aliphatic heterocycles. The molecule has 0 aromatic rings. The summed E-state index contributed by atoms with van der Waals surface area (Å²) >= 11 is 0. The normalized spacial score (nSPS) is 20.4. The summed E-state index contributed by atoms with van der Waals surface area (Å²) in [6.07, 6.45) is 48.8. The number of allylic oxidation sites excluding steroid dienone is 6. The molecule has 370 valence electrons. The summed E-state index contributed by atoms with van der Waals surface area (Å²) in [5.74, 6) is -0.146. The molecule has 0 bridgehead atoms. The number of hydrogen-bond acceptors (Lipinski definition) is 8. The summed E-state index contributed by atoms with van der Waals surface area (Å²) < 4.78 is 11.3. The minimum absolute atomic E-state index is 0.138. The lowest BCUT2D eigenvalue weighted by molar-refractivity contribution is -0.302. The third-order valence-electron chi connectivity index (χ3n) is 12.7. The molecule has 0 spiro atoms. The number of carbonyl (C=O) groups is 1. The molecule has 0 radical (unpaired) electrons.